The summed E-state index contributed by atoms with van der Waals surface area (Å²) in [6.07, 6.45) is 5.36. The predicted octanol–water partition coefficient (Wildman–Crippen LogP) is 3.45. The Labute approximate surface area is 147 Å². The van der Waals surface area contributed by atoms with Crippen LogP contribution in [0.4, 0.5) is 0 Å². The Morgan fingerprint density at radius 1 is 1.28 bits per heavy atom. The zero-order valence-electron chi connectivity index (χ0n) is 13.4. The molecule has 1 aromatic carbocycles. The number of esters is 1. The first kappa shape index (κ1) is 15.5. The molecule has 0 aliphatic carbocycles. The van der Waals surface area contributed by atoms with E-state index in [2.05, 4.69) is 15.1 Å². The van der Waals surface area contributed by atoms with Gasteiger partial charge in [-0.05, 0) is 18.2 Å². The summed E-state index contributed by atoms with van der Waals surface area (Å²) in [5.41, 5.74) is 2.94. The van der Waals surface area contributed by atoms with E-state index in [9.17, 15) is 4.79 Å². The Balaban J connectivity index is 1.49. The van der Waals surface area contributed by atoms with Crippen molar-refractivity contribution in [1.82, 2.24) is 19.7 Å². The highest BCUT2D eigenvalue weighted by molar-refractivity contribution is 7.13. The summed E-state index contributed by atoms with van der Waals surface area (Å²) >= 11 is 1.50. The van der Waals surface area contributed by atoms with E-state index < -0.39 is 0 Å². The van der Waals surface area contributed by atoms with Gasteiger partial charge in [0.2, 0.25) is 0 Å². The summed E-state index contributed by atoms with van der Waals surface area (Å²) < 4.78 is 7.16. The van der Waals surface area contributed by atoms with Crippen LogP contribution in [0.3, 0.4) is 0 Å². The summed E-state index contributed by atoms with van der Waals surface area (Å²) in [5.74, 6) is -0.380. The molecule has 0 aliphatic rings. The normalized spacial score (nSPS) is 10.9. The van der Waals surface area contributed by atoms with Crippen LogP contribution in [-0.2, 0) is 18.4 Å². The maximum atomic E-state index is 12.4. The van der Waals surface area contributed by atoms with Gasteiger partial charge in [0.25, 0.3) is 0 Å². The van der Waals surface area contributed by atoms with Crippen molar-refractivity contribution in [2.75, 3.05) is 0 Å². The molecule has 0 amide bonds. The van der Waals surface area contributed by atoms with Gasteiger partial charge in [-0.2, -0.15) is 5.10 Å². The summed E-state index contributed by atoms with van der Waals surface area (Å²) in [6.45, 7) is 0.131. The topological polar surface area (TPSA) is 69.9 Å². The zero-order valence-corrected chi connectivity index (χ0v) is 14.2. The number of aromatic nitrogens is 4. The van der Waals surface area contributed by atoms with Crippen LogP contribution in [0.25, 0.3) is 21.5 Å². The average molecular weight is 350 g/mol. The Morgan fingerprint density at radius 2 is 2.20 bits per heavy atom. The lowest BCUT2D eigenvalue weighted by Crippen LogP contribution is -2.06. The molecule has 0 unspecified atom stereocenters. The molecule has 7 heteroatoms. The maximum Gasteiger partial charge on any atom is 0.339 e. The Bertz CT molecular complexity index is 1050. The van der Waals surface area contributed by atoms with Crippen molar-refractivity contribution < 1.29 is 9.53 Å². The number of aryl methyl sites for hydroxylation is 1. The predicted molar refractivity (Wildman–Crippen MR) is 95.2 cm³/mol. The van der Waals surface area contributed by atoms with Crippen LogP contribution < -0.4 is 0 Å². The van der Waals surface area contributed by atoms with E-state index in [1.54, 1.807) is 35.3 Å². The highest BCUT2D eigenvalue weighted by atomic mass is 32.1. The van der Waals surface area contributed by atoms with Crippen LogP contribution in [0, 0.1) is 0 Å². The smallest absolute Gasteiger partial charge is 0.339 e. The number of pyridine rings is 1. The monoisotopic (exact) mass is 350 g/mol. The van der Waals surface area contributed by atoms with E-state index in [4.69, 9.17) is 4.74 Å². The molecule has 4 rings (SSSR count). The molecular weight excluding hydrogens is 336 g/mol. The molecular formula is C18H14N4O2S. The van der Waals surface area contributed by atoms with Gasteiger partial charge in [-0.15, -0.1) is 11.3 Å². The number of carbonyl (C=O) groups excluding carboxylic acids is 1. The molecule has 0 atom stereocenters. The fraction of sp³-hybridized carbons (Fsp3) is 0.111. The van der Waals surface area contributed by atoms with E-state index in [1.165, 1.54) is 11.3 Å². The lowest BCUT2D eigenvalue weighted by molar-refractivity contribution is 0.0471. The maximum absolute atomic E-state index is 12.4. The molecule has 0 aliphatic heterocycles. The number of rotatable bonds is 4. The van der Waals surface area contributed by atoms with Gasteiger partial charge in [0.05, 0.1) is 23.0 Å². The van der Waals surface area contributed by atoms with Crippen molar-refractivity contribution in [2.45, 2.75) is 6.61 Å². The van der Waals surface area contributed by atoms with Gasteiger partial charge in [0.1, 0.15) is 11.6 Å². The molecule has 6 nitrogen and oxygen atoms in total. The second-order valence-corrected chi connectivity index (χ2v) is 6.36. The molecule has 4 aromatic rings. The van der Waals surface area contributed by atoms with Crippen LogP contribution in [0.1, 0.15) is 16.1 Å². The van der Waals surface area contributed by atoms with Crippen LogP contribution in [0.2, 0.25) is 0 Å². The lowest BCUT2D eigenvalue weighted by Gasteiger charge is -2.06. The summed E-state index contributed by atoms with van der Waals surface area (Å²) in [7, 11) is 1.86. The SMILES string of the molecule is Cn1cc(-c2nc(COC(=O)c3cccc4ncccc34)cs2)cn1. The standard InChI is InChI=1S/C18H14N4O2S/c1-22-9-12(8-20-22)17-21-13(11-25-17)10-24-18(23)15-4-2-6-16-14(15)5-3-7-19-16/h2-9,11H,10H2,1H3. The molecule has 0 saturated heterocycles. The van der Waals surface area contributed by atoms with Crippen LogP contribution in [0.5, 0.6) is 0 Å². The van der Waals surface area contributed by atoms with Crippen LogP contribution >= 0.6 is 11.3 Å². The Kier molecular flexibility index (Phi) is 3.99. The van der Waals surface area contributed by atoms with Gasteiger partial charge in [-0.1, -0.05) is 12.1 Å². The van der Waals surface area contributed by atoms with Crippen molar-refractivity contribution in [3.63, 3.8) is 0 Å². The first-order chi connectivity index (χ1) is 12.2. The number of ether oxygens (including phenoxy) is 1. The largest absolute Gasteiger partial charge is 0.456 e. The Hall–Kier alpha value is -3.06. The number of benzene rings is 1. The van der Waals surface area contributed by atoms with Gasteiger partial charge in [0, 0.05) is 35.8 Å². The van der Waals surface area contributed by atoms with Crippen LogP contribution in [-0.4, -0.2) is 25.7 Å². The number of fused-ring (bicyclic) bond motifs is 1. The van der Waals surface area contributed by atoms with Crippen LogP contribution in [0.15, 0.2) is 54.3 Å². The molecule has 0 fully saturated rings. The highest BCUT2D eigenvalue weighted by Crippen LogP contribution is 2.24. The quantitative estimate of drug-likeness (QED) is 0.527. The van der Waals surface area contributed by atoms with E-state index in [-0.39, 0.29) is 12.6 Å². The first-order valence-corrected chi connectivity index (χ1v) is 8.53. The van der Waals surface area contributed by atoms with E-state index in [1.807, 2.05) is 30.8 Å². The molecule has 124 valence electrons. The fourth-order valence-corrected chi connectivity index (χ4v) is 3.32. The second kappa shape index (κ2) is 6.45. The minimum Gasteiger partial charge on any atom is -0.456 e. The third-order valence-electron chi connectivity index (χ3n) is 3.72. The van der Waals surface area contributed by atoms with E-state index >= 15 is 0 Å². The van der Waals surface area contributed by atoms with E-state index in [0.717, 1.165) is 27.2 Å². The number of nitrogens with zero attached hydrogens (tertiary/aromatic N) is 4. The number of hydrogen-bond donors (Lipinski definition) is 0. The summed E-state index contributed by atoms with van der Waals surface area (Å²) in [4.78, 5) is 21.2. The van der Waals surface area contributed by atoms with Gasteiger partial charge < -0.3 is 4.74 Å². The molecule has 3 heterocycles. The minimum absolute atomic E-state index is 0.131. The number of carbonyl (C=O) groups is 1. The summed E-state index contributed by atoms with van der Waals surface area (Å²) in [5, 5.41) is 7.66. The first-order valence-electron chi connectivity index (χ1n) is 7.65. The number of thiazole rings is 1. The van der Waals surface area contributed by atoms with Crippen molar-refractivity contribution in [3.05, 3.63) is 65.6 Å². The van der Waals surface area contributed by atoms with Gasteiger partial charge in [-0.25, -0.2) is 9.78 Å². The second-order valence-electron chi connectivity index (χ2n) is 5.50. The fourth-order valence-electron chi connectivity index (χ4n) is 2.54. The van der Waals surface area contributed by atoms with Gasteiger partial charge >= 0.3 is 5.97 Å². The third-order valence-corrected chi connectivity index (χ3v) is 4.66. The lowest BCUT2D eigenvalue weighted by atomic mass is 10.1. The highest BCUT2D eigenvalue weighted by Gasteiger charge is 2.13. The average Bonchev–Trinajstić information content (AvgIpc) is 3.28. The third kappa shape index (κ3) is 3.14. The molecule has 0 bridgehead atoms. The van der Waals surface area contributed by atoms with E-state index in [0.29, 0.717) is 5.56 Å². The zero-order chi connectivity index (χ0) is 17.2. The molecule has 0 spiro atoms. The van der Waals surface area contributed by atoms with Crippen molar-refractivity contribution >= 4 is 28.2 Å². The summed E-state index contributed by atoms with van der Waals surface area (Å²) in [6, 6.07) is 9.08. The van der Waals surface area contributed by atoms with Gasteiger partial charge in [-0.3, -0.25) is 9.67 Å². The van der Waals surface area contributed by atoms with Gasteiger partial charge in [0.15, 0.2) is 0 Å². The molecule has 0 radical (unpaired) electrons. The number of hydrogen-bond acceptors (Lipinski definition) is 6. The van der Waals surface area contributed by atoms with Crippen molar-refractivity contribution in [1.29, 1.82) is 0 Å². The molecule has 3 aromatic heterocycles. The molecule has 25 heavy (non-hydrogen) atoms. The molecule has 0 N–H and O–H groups in total. The minimum atomic E-state index is -0.380. The van der Waals surface area contributed by atoms with Crippen molar-refractivity contribution in [2.24, 2.45) is 7.05 Å². The van der Waals surface area contributed by atoms with Crippen molar-refractivity contribution in [3.8, 4) is 10.6 Å². The Morgan fingerprint density at radius 3 is 3.04 bits per heavy atom. The molecule has 0 saturated carbocycles.